The number of amides is 2. The average Bonchev–Trinajstić information content (AvgIpc) is 2.73. The summed E-state index contributed by atoms with van der Waals surface area (Å²) in [4.78, 5) is 29.3. The molecule has 0 bridgehead atoms. The Hall–Kier alpha value is -3.15. The summed E-state index contributed by atoms with van der Waals surface area (Å²) < 4.78 is 11.1. The van der Waals surface area contributed by atoms with E-state index in [1.165, 1.54) is 0 Å². The molecule has 1 unspecified atom stereocenters. The predicted octanol–water partition coefficient (Wildman–Crippen LogP) is 2.48. The van der Waals surface area contributed by atoms with Crippen LogP contribution in [0.5, 0.6) is 11.5 Å². The van der Waals surface area contributed by atoms with E-state index in [0.29, 0.717) is 43.2 Å². The largest absolute Gasteiger partial charge is 0.490 e. The smallest absolute Gasteiger partial charge is 0.253 e. The predicted molar refractivity (Wildman–Crippen MR) is 115 cm³/mol. The van der Waals surface area contributed by atoms with E-state index in [9.17, 15) is 9.59 Å². The quantitative estimate of drug-likeness (QED) is 0.728. The maximum atomic E-state index is 12.5. The van der Waals surface area contributed by atoms with E-state index < -0.39 is 0 Å². The fourth-order valence-electron chi connectivity index (χ4n) is 3.43. The van der Waals surface area contributed by atoms with Gasteiger partial charge in [0, 0.05) is 12.1 Å². The Labute approximate surface area is 176 Å². The summed E-state index contributed by atoms with van der Waals surface area (Å²) in [6, 6.07) is 9.16. The first-order valence-corrected chi connectivity index (χ1v) is 10.3. The first-order valence-electron chi connectivity index (χ1n) is 10.3. The lowest BCUT2D eigenvalue weighted by Crippen LogP contribution is -2.37. The molecule has 1 heterocycles. The van der Waals surface area contributed by atoms with Crippen LogP contribution in [0.4, 0.5) is 0 Å². The molecule has 1 aliphatic rings. The molecule has 0 saturated carbocycles. The summed E-state index contributed by atoms with van der Waals surface area (Å²) in [5, 5.41) is 4.62. The zero-order valence-electron chi connectivity index (χ0n) is 18.0. The van der Waals surface area contributed by atoms with Crippen molar-refractivity contribution in [2.24, 2.45) is 10.9 Å². The molecule has 0 aliphatic carbocycles. The van der Waals surface area contributed by atoms with Crippen LogP contribution in [0.3, 0.4) is 0 Å². The highest BCUT2D eigenvalue weighted by Gasteiger charge is 2.19. The van der Waals surface area contributed by atoms with E-state index in [-0.39, 0.29) is 17.7 Å². The number of fused-ring (bicyclic) bond motifs is 1. The molecule has 0 radical (unpaired) electrons. The lowest BCUT2D eigenvalue weighted by molar-refractivity contribution is -0.120. The van der Waals surface area contributed by atoms with E-state index >= 15 is 0 Å². The van der Waals surface area contributed by atoms with Crippen molar-refractivity contribution in [3.8, 4) is 11.5 Å². The highest BCUT2D eigenvalue weighted by Crippen LogP contribution is 2.28. The SMILES string of the molecule is CCOc1ccc(C(=O)NCCC2C=c3ccc(C)c(C)c3=NC2=O)cc1OCC. The van der Waals surface area contributed by atoms with Gasteiger partial charge in [-0.2, -0.15) is 0 Å². The van der Waals surface area contributed by atoms with E-state index in [1.807, 2.05) is 45.9 Å². The third kappa shape index (κ3) is 4.70. The molecule has 0 spiro atoms. The van der Waals surface area contributed by atoms with Crippen LogP contribution in [0.25, 0.3) is 6.08 Å². The molecule has 6 nitrogen and oxygen atoms in total. The Morgan fingerprint density at radius 1 is 1.07 bits per heavy atom. The van der Waals surface area contributed by atoms with Crippen LogP contribution in [0.2, 0.25) is 0 Å². The Kier molecular flexibility index (Phi) is 6.87. The molecule has 2 aromatic carbocycles. The van der Waals surface area contributed by atoms with Crippen LogP contribution in [-0.2, 0) is 4.79 Å². The molecular weight excluding hydrogens is 380 g/mol. The fourth-order valence-corrected chi connectivity index (χ4v) is 3.43. The summed E-state index contributed by atoms with van der Waals surface area (Å²) in [7, 11) is 0. The number of carbonyl (C=O) groups excluding carboxylic acids is 2. The van der Waals surface area contributed by atoms with E-state index in [2.05, 4.69) is 10.3 Å². The Morgan fingerprint density at radius 2 is 1.80 bits per heavy atom. The van der Waals surface area contributed by atoms with Crippen molar-refractivity contribution in [1.82, 2.24) is 5.32 Å². The minimum atomic E-state index is -0.334. The molecule has 30 heavy (non-hydrogen) atoms. The Bertz CT molecular complexity index is 1080. The van der Waals surface area contributed by atoms with E-state index in [4.69, 9.17) is 9.47 Å². The van der Waals surface area contributed by atoms with Crippen LogP contribution in [-0.4, -0.2) is 31.6 Å². The summed E-state index contributed by atoms with van der Waals surface area (Å²) in [6.45, 7) is 9.14. The normalized spacial score (nSPS) is 14.9. The fraction of sp³-hybridized carbons (Fsp3) is 0.375. The molecule has 1 atom stereocenters. The van der Waals surface area contributed by atoms with Crippen LogP contribution < -0.4 is 25.4 Å². The van der Waals surface area contributed by atoms with Gasteiger partial charge in [-0.15, -0.1) is 0 Å². The van der Waals surface area contributed by atoms with Crippen molar-refractivity contribution in [2.75, 3.05) is 19.8 Å². The van der Waals surface area contributed by atoms with Gasteiger partial charge < -0.3 is 14.8 Å². The first-order chi connectivity index (χ1) is 14.4. The zero-order chi connectivity index (χ0) is 21.7. The summed E-state index contributed by atoms with van der Waals surface area (Å²) in [5.74, 6) is 0.448. The van der Waals surface area contributed by atoms with Crippen molar-refractivity contribution in [3.05, 3.63) is 57.6 Å². The standard InChI is InChI=1S/C24H28N2O4/c1-5-29-20-10-9-18(14-21(20)30-6-2)23(27)25-12-11-19-13-17-8-7-15(3)16(4)22(17)26-24(19)28/h7-10,13-14,19H,5-6,11-12H2,1-4H3,(H,25,27). The maximum absolute atomic E-state index is 12.5. The number of carbonyl (C=O) groups is 2. The molecule has 1 aliphatic heterocycles. The van der Waals surface area contributed by atoms with Gasteiger partial charge >= 0.3 is 0 Å². The number of aryl methyl sites for hydroxylation is 1. The third-order valence-corrected chi connectivity index (χ3v) is 5.20. The maximum Gasteiger partial charge on any atom is 0.253 e. The second-order valence-electron chi connectivity index (χ2n) is 7.24. The van der Waals surface area contributed by atoms with Crippen LogP contribution in [0, 0.1) is 19.8 Å². The number of hydrogen-bond acceptors (Lipinski definition) is 4. The Morgan fingerprint density at radius 3 is 2.53 bits per heavy atom. The van der Waals surface area contributed by atoms with E-state index in [0.717, 1.165) is 21.7 Å². The van der Waals surface area contributed by atoms with Crippen molar-refractivity contribution >= 4 is 17.9 Å². The highest BCUT2D eigenvalue weighted by molar-refractivity contribution is 5.95. The van der Waals surface area contributed by atoms with Gasteiger partial charge in [0.05, 0.1) is 24.5 Å². The van der Waals surface area contributed by atoms with Crippen LogP contribution >= 0.6 is 0 Å². The van der Waals surface area contributed by atoms with Gasteiger partial charge in [0.25, 0.3) is 11.8 Å². The van der Waals surface area contributed by atoms with Crippen molar-refractivity contribution in [3.63, 3.8) is 0 Å². The molecule has 0 aromatic heterocycles. The number of nitrogens with one attached hydrogen (secondary N) is 1. The Balaban J connectivity index is 1.66. The molecule has 0 saturated heterocycles. The van der Waals surface area contributed by atoms with Crippen LogP contribution in [0.15, 0.2) is 35.3 Å². The molecule has 0 fully saturated rings. The second-order valence-corrected chi connectivity index (χ2v) is 7.24. The number of hydrogen-bond donors (Lipinski definition) is 1. The highest BCUT2D eigenvalue weighted by atomic mass is 16.5. The first kappa shape index (κ1) is 21.6. The molecule has 3 rings (SSSR count). The molecule has 1 N–H and O–H groups in total. The van der Waals surface area contributed by atoms with Gasteiger partial charge in [0.1, 0.15) is 0 Å². The van der Waals surface area contributed by atoms with E-state index in [1.54, 1.807) is 18.2 Å². The molecule has 2 amide bonds. The van der Waals surface area contributed by atoms with Crippen molar-refractivity contribution < 1.29 is 19.1 Å². The average molecular weight is 408 g/mol. The molecule has 6 heteroatoms. The van der Waals surface area contributed by atoms with Gasteiger partial charge in [-0.1, -0.05) is 18.2 Å². The topological polar surface area (TPSA) is 77.0 Å². The van der Waals surface area contributed by atoms with Gasteiger partial charge in [-0.25, -0.2) is 4.99 Å². The van der Waals surface area contributed by atoms with Crippen molar-refractivity contribution in [1.29, 1.82) is 0 Å². The lowest BCUT2D eigenvalue weighted by Gasteiger charge is -2.15. The lowest BCUT2D eigenvalue weighted by atomic mass is 9.98. The van der Waals surface area contributed by atoms with Gasteiger partial charge in [0.15, 0.2) is 11.5 Å². The summed E-state index contributed by atoms with van der Waals surface area (Å²) >= 11 is 0. The molecule has 2 aromatic rings. The second kappa shape index (κ2) is 9.57. The minimum Gasteiger partial charge on any atom is -0.490 e. The van der Waals surface area contributed by atoms with Gasteiger partial charge in [-0.05, 0) is 68.7 Å². The third-order valence-electron chi connectivity index (χ3n) is 5.20. The number of nitrogens with zero attached hydrogens (tertiary/aromatic N) is 1. The summed E-state index contributed by atoms with van der Waals surface area (Å²) in [5.41, 5.74) is 2.64. The number of rotatable bonds is 8. The molecule has 158 valence electrons. The molecular formula is C24H28N2O4. The van der Waals surface area contributed by atoms with Gasteiger partial charge in [-0.3, -0.25) is 9.59 Å². The van der Waals surface area contributed by atoms with Crippen LogP contribution in [0.1, 0.15) is 41.8 Å². The summed E-state index contributed by atoms with van der Waals surface area (Å²) in [6.07, 6.45) is 2.45. The number of ether oxygens (including phenoxy) is 2. The van der Waals surface area contributed by atoms with Gasteiger partial charge in [0.2, 0.25) is 0 Å². The zero-order valence-corrected chi connectivity index (χ0v) is 18.0. The number of benzene rings is 2. The monoisotopic (exact) mass is 408 g/mol. The van der Waals surface area contributed by atoms with Crippen molar-refractivity contribution in [2.45, 2.75) is 34.1 Å². The minimum absolute atomic E-state index is 0.162.